The van der Waals surface area contributed by atoms with Crippen LogP contribution in [0.25, 0.3) is 22.3 Å². The Balaban J connectivity index is 1.37. The first-order valence-electron chi connectivity index (χ1n) is 12.6. The van der Waals surface area contributed by atoms with Gasteiger partial charge in [-0.2, -0.15) is 5.10 Å². The number of fused-ring (bicyclic) bond motifs is 2. The van der Waals surface area contributed by atoms with Crippen molar-refractivity contribution < 1.29 is 18.7 Å². The predicted octanol–water partition coefficient (Wildman–Crippen LogP) is 6.07. The van der Waals surface area contributed by atoms with Gasteiger partial charge < -0.3 is 4.74 Å². The van der Waals surface area contributed by atoms with Crippen LogP contribution in [0.15, 0.2) is 67.0 Å². The first kappa shape index (κ1) is 25.6. The maximum Gasteiger partial charge on any atom is 0.262 e. The van der Waals surface area contributed by atoms with Crippen molar-refractivity contribution in [2.45, 2.75) is 26.5 Å². The van der Waals surface area contributed by atoms with Gasteiger partial charge in [-0.25, -0.2) is 19.0 Å². The van der Waals surface area contributed by atoms with Crippen LogP contribution in [0.3, 0.4) is 0 Å². The van der Waals surface area contributed by atoms with Gasteiger partial charge in [0.05, 0.1) is 22.2 Å². The number of ether oxygens (including phenoxy) is 1. The second-order valence-electron chi connectivity index (χ2n) is 9.62. The fourth-order valence-electron chi connectivity index (χ4n) is 5.19. The van der Waals surface area contributed by atoms with E-state index < -0.39 is 23.7 Å². The highest BCUT2D eigenvalue weighted by atomic mass is 35.5. The molecule has 10 heteroatoms. The molecule has 0 saturated heterocycles. The fourth-order valence-corrected chi connectivity index (χ4v) is 5.46. The van der Waals surface area contributed by atoms with Gasteiger partial charge in [0.2, 0.25) is 0 Å². The topological polar surface area (TPSA) is 90.2 Å². The largest absolute Gasteiger partial charge is 0.487 e. The van der Waals surface area contributed by atoms with Gasteiger partial charge in [0.1, 0.15) is 30.0 Å². The summed E-state index contributed by atoms with van der Waals surface area (Å²) in [6.07, 6.45) is 1.49. The molecule has 0 unspecified atom stereocenters. The van der Waals surface area contributed by atoms with Gasteiger partial charge in [0, 0.05) is 29.3 Å². The van der Waals surface area contributed by atoms with E-state index in [2.05, 4.69) is 10.1 Å². The van der Waals surface area contributed by atoms with Crippen molar-refractivity contribution >= 4 is 34.3 Å². The molecule has 200 valence electrons. The lowest BCUT2D eigenvalue weighted by Crippen LogP contribution is -2.33. The number of amides is 2. The number of halogens is 2. The first-order valence-corrected chi connectivity index (χ1v) is 12.9. The summed E-state index contributed by atoms with van der Waals surface area (Å²) >= 11 is 6.53. The van der Waals surface area contributed by atoms with Crippen LogP contribution in [0, 0.1) is 12.7 Å². The van der Waals surface area contributed by atoms with Crippen molar-refractivity contribution in [3.05, 3.63) is 106 Å². The average Bonchev–Trinajstić information content (AvgIpc) is 3.47. The summed E-state index contributed by atoms with van der Waals surface area (Å²) in [6, 6.07) is 15.8. The molecule has 0 saturated carbocycles. The summed E-state index contributed by atoms with van der Waals surface area (Å²) in [5, 5.41) is 5.13. The Kier molecular flexibility index (Phi) is 6.31. The normalized spacial score (nSPS) is 13.7. The molecule has 0 radical (unpaired) electrons. The molecular weight excluding hydrogens is 533 g/mol. The number of aryl methyl sites for hydroxylation is 2. The molecule has 40 heavy (non-hydrogen) atoms. The van der Waals surface area contributed by atoms with Crippen LogP contribution in [0.5, 0.6) is 5.75 Å². The third-order valence-electron chi connectivity index (χ3n) is 7.11. The summed E-state index contributed by atoms with van der Waals surface area (Å²) in [6.45, 7) is 3.51. The molecule has 3 heterocycles. The summed E-state index contributed by atoms with van der Waals surface area (Å²) in [5.41, 5.74) is 3.71. The van der Waals surface area contributed by atoms with Gasteiger partial charge in [-0.05, 0) is 55.8 Å². The summed E-state index contributed by atoms with van der Waals surface area (Å²) in [4.78, 5) is 36.5. The second-order valence-corrected chi connectivity index (χ2v) is 10.0. The zero-order valence-electron chi connectivity index (χ0n) is 21.9. The van der Waals surface area contributed by atoms with Gasteiger partial charge in [-0.1, -0.05) is 35.9 Å². The monoisotopic (exact) mass is 555 g/mol. The van der Waals surface area contributed by atoms with E-state index in [0.717, 1.165) is 21.5 Å². The number of hydrogen-bond donors (Lipinski definition) is 0. The molecule has 2 amide bonds. The van der Waals surface area contributed by atoms with E-state index in [1.54, 1.807) is 41.9 Å². The quantitative estimate of drug-likeness (QED) is 0.236. The lowest BCUT2D eigenvalue weighted by molar-refractivity contribution is 0.0593. The third kappa shape index (κ3) is 4.19. The minimum absolute atomic E-state index is 0.0456. The summed E-state index contributed by atoms with van der Waals surface area (Å²) < 4.78 is 22.5. The van der Waals surface area contributed by atoms with E-state index in [1.165, 1.54) is 18.5 Å². The molecule has 6 rings (SSSR count). The Bertz CT molecular complexity index is 1800. The van der Waals surface area contributed by atoms with Crippen LogP contribution in [0.1, 0.15) is 50.5 Å². The number of rotatable bonds is 6. The first-order chi connectivity index (χ1) is 19.2. The molecule has 5 aromatic rings. The Labute approximate surface area is 234 Å². The lowest BCUT2D eigenvalue weighted by atomic mass is 10.00. The van der Waals surface area contributed by atoms with E-state index in [9.17, 15) is 14.0 Å². The number of benzene rings is 3. The average molecular weight is 556 g/mol. The fraction of sp³-hybridized carbons (Fsp3) is 0.167. The van der Waals surface area contributed by atoms with Crippen LogP contribution in [-0.2, 0) is 13.7 Å². The predicted molar refractivity (Wildman–Crippen MR) is 148 cm³/mol. The highest BCUT2D eigenvalue weighted by molar-refractivity contribution is 6.31. The standard InChI is InChI=1S/C30H23ClFN5O3/c1-16-11-23(28-33-15-34-36(28)3)19-9-6-10-26(27(19)35-16)40-14-24-22(12-18(32)13-25(24)31)17(2)37-29(38)20-7-4-5-8-21(20)30(37)39/h4-13,15,17H,14H2,1-3H3/t17-/m0/s1. The number of aromatic nitrogens is 4. The molecule has 2 aromatic heterocycles. The number of carbonyl (C=O) groups excluding carboxylic acids is 2. The molecule has 1 atom stereocenters. The molecule has 8 nitrogen and oxygen atoms in total. The number of hydrogen-bond acceptors (Lipinski definition) is 6. The molecular formula is C30H23ClFN5O3. The van der Waals surface area contributed by atoms with Crippen molar-refractivity contribution in [2.75, 3.05) is 0 Å². The van der Waals surface area contributed by atoms with Gasteiger partial charge in [0.15, 0.2) is 5.82 Å². The summed E-state index contributed by atoms with van der Waals surface area (Å²) in [5.74, 6) is -0.283. The molecule has 0 spiro atoms. The SMILES string of the molecule is Cc1cc(-c2ncnn2C)c2cccc(OCc3c(Cl)cc(F)cc3[C@H](C)N3C(=O)c4ccccc4C3=O)c2n1. The number of pyridine rings is 1. The lowest BCUT2D eigenvalue weighted by Gasteiger charge is -2.26. The minimum atomic E-state index is -0.797. The molecule has 0 fully saturated rings. The van der Waals surface area contributed by atoms with Crippen molar-refractivity contribution in [1.82, 2.24) is 24.6 Å². The zero-order valence-corrected chi connectivity index (χ0v) is 22.6. The number of para-hydroxylation sites is 1. The van der Waals surface area contributed by atoms with Crippen molar-refractivity contribution in [3.8, 4) is 17.1 Å². The number of imide groups is 1. The molecule has 1 aliphatic heterocycles. The van der Waals surface area contributed by atoms with E-state index in [0.29, 0.717) is 39.3 Å². The van der Waals surface area contributed by atoms with Crippen molar-refractivity contribution in [1.29, 1.82) is 0 Å². The Morgan fingerprint density at radius 3 is 2.40 bits per heavy atom. The van der Waals surface area contributed by atoms with Crippen molar-refractivity contribution in [2.24, 2.45) is 7.05 Å². The van der Waals surface area contributed by atoms with Gasteiger partial charge >= 0.3 is 0 Å². The van der Waals surface area contributed by atoms with Gasteiger partial charge in [0.25, 0.3) is 11.8 Å². The molecule has 3 aromatic carbocycles. The van der Waals surface area contributed by atoms with E-state index >= 15 is 0 Å². The van der Waals surface area contributed by atoms with E-state index in [4.69, 9.17) is 21.3 Å². The molecule has 0 aliphatic carbocycles. The Morgan fingerprint density at radius 1 is 1.00 bits per heavy atom. The highest BCUT2D eigenvalue weighted by Gasteiger charge is 2.39. The van der Waals surface area contributed by atoms with E-state index in [-0.39, 0.29) is 11.6 Å². The Hall–Kier alpha value is -4.63. The van der Waals surface area contributed by atoms with Crippen LogP contribution in [0.4, 0.5) is 4.39 Å². The number of carbonyl (C=O) groups is 2. The van der Waals surface area contributed by atoms with Gasteiger partial charge in [-0.3, -0.25) is 14.5 Å². The maximum atomic E-state index is 14.6. The zero-order chi connectivity index (χ0) is 28.1. The van der Waals surface area contributed by atoms with Crippen molar-refractivity contribution in [3.63, 3.8) is 0 Å². The second kappa shape index (κ2) is 9.84. The molecule has 0 N–H and O–H groups in total. The van der Waals surface area contributed by atoms with Crippen LogP contribution in [0.2, 0.25) is 5.02 Å². The molecule has 1 aliphatic rings. The van der Waals surface area contributed by atoms with E-state index in [1.807, 2.05) is 32.2 Å². The maximum absolute atomic E-state index is 14.6. The van der Waals surface area contributed by atoms with Crippen LogP contribution in [-0.4, -0.2) is 36.5 Å². The number of nitrogens with zero attached hydrogens (tertiary/aromatic N) is 5. The minimum Gasteiger partial charge on any atom is -0.487 e. The summed E-state index contributed by atoms with van der Waals surface area (Å²) in [7, 11) is 1.82. The van der Waals surface area contributed by atoms with Crippen LogP contribution < -0.4 is 4.74 Å². The highest BCUT2D eigenvalue weighted by Crippen LogP contribution is 2.37. The van der Waals surface area contributed by atoms with Crippen LogP contribution >= 0.6 is 11.6 Å². The smallest absolute Gasteiger partial charge is 0.262 e. The van der Waals surface area contributed by atoms with Gasteiger partial charge in [-0.15, -0.1) is 0 Å². The third-order valence-corrected chi connectivity index (χ3v) is 7.45. The Morgan fingerprint density at radius 2 is 1.73 bits per heavy atom. The molecule has 0 bridgehead atoms.